The molecule has 0 saturated carbocycles. The summed E-state index contributed by atoms with van der Waals surface area (Å²) in [5.41, 5.74) is 8.87. The zero-order valence-corrected chi connectivity index (χ0v) is 21.4. The molecule has 2 N–H and O–H groups in total. The summed E-state index contributed by atoms with van der Waals surface area (Å²) in [5, 5.41) is 1.07. The monoisotopic (exact) mass is 506 g/mol. The van der Waals surface area contributed by atoms with Crippen LogP contribution in [0.2, 0.25) is 5.02 Å². The van der Waals surface area contributed by atoms with Crippen LogP contribution in [-0.4, -0.2) is 45.7 Å². The lowest BCUT2D eigenvalue weighted by Gasteiger charge is -2.38. The highest BCUT2D eigenvalue weighted by Crippen LogP contribution is 2.42. The smallest absolute Gasteiger partial charge is 0.158 e. The molecular formula is C26H27ClN6OS. The van der Waals surface area contributed by atoms with Crippen LogP contribution >= 0.6 is 23.4 Å². The number of rotatable bonds is 3. The van der Waals surface area contributed by atoms with Gasteiger partial charge < -0.3 is 15.4 Å². The summed E-state index contributed by atoms with van der Waals surface area (Å²) in [7, 11) is 0. The van der Waals surface area contributed by atoms with Gasteiger partial charge in [-0.1, -0.05) is 29.3 Å². The summed E-state index contributed by atoms with van der Waals surface area (Å²) >= 11 is 7.98. The Bertz CT molecular complexity index is 1280. The van der Waals surface area contributed by atoms with Crippen LogP contribution in [0.3, 0.4) is 0 Å². The van der Waals surface area contributed by atoms with E-state index in [1.807, 2.05) is 25.1 Å². The Morgan fingerprint density at radius 3 is 2.66 bits per heavy atom. The zero-order valence-electron chi connectivity index (χ0n) is 19.8. The minimum absolute atomic E-state index is 0.319. The van der Waals surface area contributed by atoms with Crippen LogP contribution in [0.1, 0.15) is 43.1 Å². The van der Waals surface area contributed by atoms with Crippen molar-refractivity contribution in [1.29, 1.82) is 0 Å². The van der Waals surface area contributed by atoms with Crippen LogP contribution < -0.4 is 10.6 Å². The first-order valence-corrected chi connectivity index (χ1v) is 12.9. The van der Waals surface area contributed by atoms with E-state index in [2.05, 4.69) is 43.6 Å². The predicted molar refractivity (Wildman–Crippen MR) is 139 cm³/mol. The molecule has 1 spiro atoms. The molecule has 0 aliphatic carbocycles. The molecule has 3 aromatic rings. The fraction of sp³-hybridized carbons (Fsp3) is 0.385. The number of aromatic nitrogens is 4. The molecule has 9 heteroatoms. The van der Waals surface area contributed by atoms with Crippen LogP contribution in [0.15, 0.2) is 46.7 Å². The van der Waals surface area contributed by atoms with Gasteiger partial charge in [0, 0.05) is 41.6 Å². The number of aryl methyl sites for hydroxylation is 1. The normalized spacial score (nSPS) is 18.9. The molecule has 2 fully saturated rings. The van der Waals surface area contributed by atoms with Crippen LogP contribution in [0.25, 0.3) is 0 Å². The van der Waals surface area contributed by atoms with Crippen molar-refractivity contribution in [3.8, 4) is 11.8 Å². The third-order valence-electron chi connectivity index (χ3n) is 6.59. The standard InChI is InChI=1S/C26H27ClN6OS/c1-17-3-4-19(14-30-17)5-6-20-23(27)21(7-10-29-20)35-25-24(28)32-22(15-31-25)33-11-8-26(9-12-33)13-18(2)34-16-26/h3-4,7,10,14-15,18H,8-9,11-13,16H2,1-2H3,(H2,28,32)/t18-/m0/s1. The Morgan fingerprint density at radius 2 is 1.97 bits per heavy atom. The lowest BCUT2D eigenvalue weighted by molar-refractivity contribution is 0.0976. The first-order chi connectivity index (χ1) is 16.9. The van der Waals surface area contributed by atoms with Gasteiger partial charge in [-0.05, 0) is 62.6 Å². The van der Waals surface area contributed by atoms with Crippen molar-refractivity contribution in [2.75, 3.05) is 30.3 Å². The maximum atomic E-state index is 6.62. The minimum atomic E-state index is 0.319. The van der Waals surface area contributed by atoms with Gasteiger partial charge in [-0.2, -0.15) is 0 Å². The van der Waals surface area contributed by atoms with E-state index in [9.17, 15) is 0 Å². The second-order valence-electron chi connectivity index (χ2n) is 9.24. The number of hydrogen-bond acceptors (Lipinski definition) is 8. The van der Waals surface area contributed by atoms with Gasteiger partial charge in [-0.3, -0.25) is 4.98 Å². The molecule has 0 bridgehead atoms. The van der Waals surface area contributed by atoms with Gasteiger partial charge in [0.1, 0.15) is 16.5 Å². The van der Waals surface area contributed by atoms with Crippen molar-refractivity contribution in [3.63, 3.8) is 0 Å². The first-order valence-electron chi connectivity index (χ1n) is 11.7. The van der Waals surface area contributed by atoms with Gasteiger partial charge in [0.15, 0.2) is 5.82 Å². The van der Waals surface area contributed by atoms with E-state index in [-0.39, 0.29) is 0 Å². The van der Waals surface area contributed by atoms with Crippen molar-refractivity contribution in [3.05, 3.63) is 58.8 Å². The van der Waals surface area contributed by atoms with Gasteiger partial charge in [-0.15, -0.1) is 0 Å². The topological polar surface area (TPSA) is 90.0 Å². The van der Waals surface area contributed by atoms with Crippen molar-refractivity contribution in [2.24, 2.45) is 5.41 Å². The number of hydrogen-bond donors (Lipinski definition) is 1. The molecule has 1 atom stereocenters. The number of nitrogens with zero attached hydrogens (tertiary/aromatic N) is 5. The molecule has 0 unspecified atom stereocenters. The molecule has 180 valence electrons. The lowest BCUT2D eigenvalue weighted by atomic mass is 9.77. The summed E-state index contributed by atoms with van der Waals surface area (Å²) in [5.74, 6) is 7.30. The Morgan fingerprint density at radius 1 is 1.14 bits per heavy atom. The maximum Gasteiger partial charge on any atom is 0.158 e. The Balaban J connectivity index is 1.28. The van der Waals surface area contributed by atoms with Gasteiger partial charge in [0.05, 0.1) is 23.9 Å². The van der Waals surface area contributed by atoms with Crippen molar-refractivity contribution < 1.29 is 4.74 Å². The van der Waals surface area contributed by atoms with Gasteiger partial charge in [0.25, 0.3) is 0 Å². The molecule has 3 aromatic heterocycles. The Kier molecular flexibility index (Phi) is 6.83. The molecule has 2 aliphatic heterocycles. The highest BCUT2D eigenvalue weighted by molar-refractivity contribution is 7.99. The van der Waals surface area contributed by atoms with Crippen molar-refractivity contribution in [2.45, 2.75) is 49.1 Å². The van der Waals surface area contributed by atoms with Gasteiger partial charge >= 0.3 is 0 Å². The predicted octanol–water partition coefficient (Wildman–Crippen LogP) is 4.76. The molecule has 5 rings (SSSR count). The fourth-order valence-corrected chi connectivity index (χ4v) is 5.64. The van der Waals surface area contributed by atoms with Crippen LogP contribution in [0.5, 0.6) is 0 Å². The molecule has 7 nitrogen and oxygen atoms in total. The first kappa shape index (κ1) is 23.9. The van der Waals surface area contributed by atoms with Crippen molar-refractivity contribution in [1.82, 2.24) is 19.9 Å². The summed E-state index contributed by atoms with van der Waals surface area (Å²) in [4.78, 5) is 20.9. The van der Waals surface area contributed by atoms with E-state index >= 15 is 0 Å². The highest BCUT2D eigenvalue weighted by atomic mass is 35.5. The second-order valence-corrected chi connectivity index (χ2v) is 10.7. The number of nitrogen functional groups attached to an aromatic ring is 1. The number of ether oxygens (including phenoxy) is 1. The molecule has 35 heavy (non-hydrogen) atoms. The summed E-state index contributed by atoms with van der Waals surface area (Å²) in [6.45, 7) is 6.84. The van der Waals surface area contributed by atoms with E-state index in [1.165, 1.54) is 11.8 Å². The van der Waals surface area contributed by atoms with E-state index in [0.717, 1.165) is 60.9 Å². The molecule has 2 saturated heterocycles. The van der Waals surface area contributed by atoms with Crippen LogP contribution in [0.4, 0.5) is 11.6 Å². The molecule has 2 aliphatic rings. The Hall–Kier alpha value is -2.86. The summed E-state index contributed by atoms with van der Waals surface area (Å²) < 4.78 is 5.84. The van der Waals surface area contributed by atoms with Gasteiger partial charge in [0.2, 0.25) is 0 Å². The average Bonchev–Trinajstić information content (AvgIpc) is 3.22. The third kappa shape index (κ3) is 5.37. The summed E-state index contributed by atoms with van der Waals surface area (Å²) in [6.07, 6.45) is 8.92. The van der Waals surface area contributed by atoms with Gasteiger partial charge in [-0.25, -0.2) is 15.0 Å². The molecular weight excluding hydrogens is 480 g/mol. The SMILES string of the molecule is Cc1ccc(C#Cc2nccc(Sc3ncc(N4CCC5(CC4)CO[C@@H](C)C5)nc3N)c2Cl)cn1. The number of pyridine rings is 2. The molecule has 0 aromatic carbocycles. The number of halogens is 1. The largest absolute Gasteiger partial charge is 0.381 e. The van der Waals surface area contributed by atoms with E-state index in [4.69, 9.17) is 22.1 Å². The molecule has 5 heterocycles. The highest BCUT2D eigenvalue weighted by Gasteiger charge is 2.41. The summed E-state index contributed by atoms with van der Waals surface area (Å²) in [6, 6.07) is 5.67. The molecule has 0 amide bonds. The second kappa shape index (κ2) is 10.0. The van der Waals surface area contributed by atoms with E-state index in [1.54, 1.807) is 18.6 Å². The minimum Gasteiger partial charge on any atom is -0.381 e. The third-order valence-corrected chi connectivity index (χ3v) is 8.15. The molecule has 0 radical (unpaired) electrons. The number of anilines is 2. The van der Waals surface area contributed by atoms with Crippen molar-refractivity contribution >= 4 is 35.0 Å². The zero-order chi connectivity index (χ0) is 24.4. The maximum absolute atomic E-state index is 6.62. The van der Waals surface area contributed by atoms with E-state index in [0.29, 0.717) is 33.1 Å². The number of nitrogens with two attached hydrogens (primary N) is 1. The quantitative estimate of drug-likeness (QED) is 0.509. The van der Waals surface area contributed by atoms with Crippen LogP contribution in [-0.2, 0) is 4.74 Å². The van der Waals surface area contributed by atoms with Crippen LogP contribution in [0, 0.1) is 24.2 Å². The fourth-order valence-electron chi connectivity index (χ4n) is 4.59. The van der Waals surface area contributed by atoms with E-state index < -0.39 is 0 Å². The Labute approximate surface area is 214 Å². The lowest BCUT2D eigenvalue weighted by Crippen LogP contribution is -2.41. The average molecular weight is 507 g/mol. The number of piperidine rings is 1.